The summed E-state index contributed by atoms with van der Waals surface area (Å²) >= 11 is 0. The first-order valence-electron chi connectivity index (χ1n) is 23.3. The molecule has 18 nitrogen and oxygen atoms in total. The molecule has 2 saturated heterocycles. The number of nitrogens with zero attached hydrogens (tertiary/aromatic N) is 1. The molecular formula is C51H62N2O16. The number of fused-ring (bicyclic) bond motifs is 5. The van der Waals surface area contributed by atoms with E-state index in [0.717, 1.165) is 0 Å². The normalized spacial score (nSPS) is 31.3. The van der Waals surface area contributed by atoms with Crippen LogP contribution in [-0.4, -0.2) is 111 Å². The molecule has 372 valence electrons. The monoisotopic (exact) mass is 958 g/mol. The summed E-state index contributed by atoms with van der Waals surface area (Å²) < 4.78 is 30.2. The Labute approximate surface area is 400 Å². The number of aliphatic hydroxyl groups excluding tert-OH is 1. The molecule has 2 heterocycles. The Morgan fingerprint density at radius 3 is 2.06 bits per heavy atom. The minimum Gasteiger partial charge on any atom is -0.455 e. The van der Waals surface area contributed by atoms with Crippen LogP contribution in [0.25, 0.3) is 0 Å². The number of rotatable bonds is 12. The molecule has 4 fully saturated rings. The number of amides is 3. The maximum absolute atomic E-state index is 15.3. The molecule has 2 saturated carbocycles. The van der Waals surface area contributed by atoms with Crippen LogP contribution in [-0.2, 0) is 57.3 Å². The highest BCUT2D eigenvalue weighted by Crippen LogP contribution is 2.66. The van der Waals surface area contributed by atoms with Gasteiger partial charge in [-0.2, -0.15) is 0 Å². The highest BCUT2D eigenvalue weighted by atomic mass is 16.7. The Morgan fingerprint density at radius 1 is 0.884 bits per heavy atom. The van der Waals surface area contributed by atoms with Gasteiger partial charge in [0.15, 0.2) is 0 Å². The summed E-state index contributed by atoms with van der Waals surface area (Å²) in [6.07, 6.45) is -9.72. The predicted molar refractivity (Wildman–Crippen MR) is 241 cm³/mol. The van der Waals surface area contributed by atoms with Crippen molar-refractivity contribution in [2.75, 3.05) is 6.61 Å². The van der Waals surface area contributed by atoms with E-state index in [1.165, 1.54) is 0 Å². The van der Waals surface area contributed by atoms with Crippen molar-refractivity contribution in [3.05, 3.63) is 82.9 Å². The summed E-state index contributed by atoms with van der Waals surface area (Å²) in [5, 5.41) is 28.7. The Kier molecular flexibility index (Phi) is 13.8. The van der Waals surface area contributed by atoms with Crippen LogP contribution in [0.4, 0.5) is 4.79 Å². The topological polar surface area (TPSA) is 248 Å². The van der Waals surface area contributed by atoms with E-state index in [1.807, 2.05) is 6.92 Å². The molecule has 0 spiro atoms. The molecule has 5 aliphatic rings. The van der Waals surface area contributed by atoms with Crippen LogP contribution in [0.15, 0.2) is 71.8 Å². The number of hydrogen-bond acceptors (Lipinski definition) is 16. The SMILES string of the molecule is CC1=C2[C@@H](C)C(=O)[C@@]3(C)[C@H](C(OC(=O)c4ccccc4)[C@](O)(C[C@@H]1OC(=O)C(OC(=O)CCC(=O)ON1C(=O)CCC1=O)C(NC(=O)OC(C)(C)C)c1ccccc1)C2(C)C)[C@]1(C)CO[C@@H]1C[C@@H]3O. The third kappa shape index (κ3) is 9.30. The number of esters is 3. The maximum Gasteiger partial charge on any atom is 0.408 e. The van der Waals surface area contributed by atoms with E-state index in [4.69, 9.17) is 28.5 Å². The number of ketones is 1. The number of ether oxygens (including phenoxy) is 5. The van der Waals surface area contributed by atoms with E-state index in [9.17, 15) is 39.0 Å². The number of benzene rings is 2. The average molecular weight is 959 g/mol. The van der Waals surface area contributed by atoms with E-state index < -0.39 is 137 Å². The van der Waals surface area contributed by atoms with Crippen LogP contribution < -0.4 is 5.32 Å². The van der Waals surface area contributed by atoms with Crippen molar-refractivity contribution >= 4 is 47.6 Å². The van der Waals surface area contributed by atoms with Gasteiger partial charge in [0.25, 0.3) is 11.8 Å². The van der Waals surface area contributed by atoms with Crippen molar-refractivity contribution in [1.29, 1.82) is 0 Å². The maximum atomic E-state index is 15.3. The van der Waals surface area contributed by atoms with E-state index in [1.54, 1.807) is 116 Å². The Morgan fingerprint density at radius 2 is 1.48 bits per heavy atom. The largest absolute Gasteiger partial charge is 0.455 e. The number of aliphatic hydroxyl groups is 2. The number of carbonyl (C=O) groups excluding carboxylic acids is 8. The second-order valence-corrected chi connectivity index (χ2v) is 20.9. The van der Waals surface area contributed by atoms with Crippen molar-refractivity contribution in [2.24, 2.45) is 28.1 Å². The fourth-order valence-electron chi connectivity index (χ4n) is 11.4. The van der Waals surface area contributed by atoms with Crippen LogP contribution in [0, 0.1) is 28.1 Å². The number of Topliss-reactive ketones (excluding diaryl/α,β-unsaturated/α-hetero) is 1. The lowest BCUT2D eigenvalue weighted by Crippen LogP contribution is -2.77. The molecule has 2 aromatic carbocycles. The number of alkyl carbamates (subject to hydrolysis) is 1. The van der Waals surface area contributed by atoms with Gasteiger partial charge >= 0.3 is 30.0 Å². The molecule has 0 radical (unpaired) electrons. The van der Waals surface area contributed by atoms with Gasteiger partial charge in [-0.3, -0.25) is 19.2 Å². The van der Waals surface area contributed by atoms with Gasteiger partial charge < -0.3 is 44.1 Å². The van der Waals surface area contributed by atoms with E-state index in [-0.39, 0.29) is 42.8 Å². The zero-order chi connectivity index (χ0) is 50.6. The Balaban J connectivity index is 1.30. The van der Waals surface area contributed by atoms with Gasteiger partial charge in [-0.25, -0.2) is 19.2 Å². The highest BCUT2D eigenvalue weighted by Gasteiger charge is 2.75. The van der Waals surface area contributed by atoms with Crippen LogP contribution in [0.1, 0.15) is 123 Å². The molecular weight excluding hydrogens is 897 g/mol. The molecule has 2 bridgehead atoms. The second-order valence-electron chi connectivity index (χ2n) is 20.9. The van der Waals surface area contributed by atoms with Gasteiger partial charge in [0.1, 0.15) is 35.2 Å². The minimum absolute atomic E-state index is 0.125. The summed E-state index contributed by atoms with van der Waals surface area (Å²) in [6, 6.07) is 14.7. The first-order valence-corrected chi connectivity index (χ1v) is 23.3. The summed E-state index contributed by atoms with van der Waals surface area (Å²) in [6.45, 7) is 15.3. The molecule has 2 aliphatic heterocycles. The average Bonchev–Trinajstić information content (AvgIpc) is 3.60. The number of carbonyl (C=O) groups is 8. The van der Waals surface area contributed by atoms with Crippen LogP contribution >= 0.6 is 0 Å². The van der Waals surface area contributed by atoms with Crippen molar-refractivity contribution in [2.45, 2.75) is 149 Å². The lowest BCUT2D eigenvalue weighted by molar-refractivity contribution is -0.312. The molecule has 3 unspecified atom stereocenters. The minimum atomic E-state index is -2.14. The van der Waals surface area contributed by atoms with Crippen molar-refractivity contribution in [3.63, 3.8) is 0 Å². The van der Waals surface area contributed by atoms with Gasteiger partial charge in [-0.1, -0.05) is 76.2 Å². The zero-order valence-electron chi connectivity index (χ0n) is 40.4. The number of nitrogens with one attached hydrogen (secondary N) is 1. The van der Waals surface area contributed by atoms with Gasteiger partial charge in [0.05, 0.1) is 42.6 Å². The highest BCUT2D eigenvalue weighted by molar-refractivity contribution is 6.01. The standard InChI is InChI=1S/C51H62N2O16/c1-27-31(65-45(61)40(39(29-16-12-10-13-17-29)52-46(62)68-47(3,4)5)66-36(57)22-23-37(58)69-53-34(55)20-21-35(53)56)25-51(63)43(67-44(60)30-18-14-11-15-19-30)41-49(8)26-64-33(49)24-32(54)50(41,9)42(59)28(2)38(27)48(51,6)7/h10-19,28,31-33,39-41,43,54,63H,20-26H2,1-9H3,(H,52,62)/t28-,31+,32+,33-,39?,40?,41-,43?,49-,50-,51-/m1/s1. The van der Waals surface area contributed by atoms with Crippen LogP contribution in [0.5, 0.6) is 0 Å². The molecule has 0 aromatic heterocycles. The Hall–Kier alpha value is -5.98. The van der Waals surface area contributed by atoms with E-state index in [2.05, 4.69) is 5.32 Å². The third-order valence-electron chi connectivity index (χ3n) is 15.0. The number of hydroxylamine groups is 2. The van der Waals surface area contributed by atoms with Crippen LogP contribution in [0.3, 0.4) is 0 Å². The molecule has 3 amide bonds. The molecule has 69 heavy (non-hydrogen) atoms. The van der Waals surface area contributed by atoms with E-state index >= 15 is 9.59 Å². The van der Waals surface area contributed by atoms with E-state index in [0.29, 0.717) is 16.2 Å². The van der Waals surface area contributed by atoms with Gasteiger partial charge in [-0.15, -0.1) is 5.06 Å². The Bertz CT molecular complexity index is 2410. The quantitative estimate of drug-likeness (QED) is 0.107. The van der Waals surface area contributed by atoms with Crippen molar-refractivity contribution < 1.29 is 77.1 Å². The van der Waals surface area contributed by atoms with Gasteiger partial charge in [0, 0.05) is 48.3 Å². The molecule has 11 atom stereocenters. The fourth-order valence-corrected chi connectivity index (χ4v) is 11.4. The molecule has 3 N–H and O–H groups in total. The lowest BCUT2D eigenvalue weighted by atomic mass is 9.41. The third-order valence-corrected chi connectivity index (χ3v) is 15.0. The molecule has 18 heteroatoms. The molecule has 3 aliphatic carbocycles. The molecule has 7 rings (SSSR count). The summed E-state index contributed by atoms with van der Waals surface area (Å²) in [5.74, 6) is -8.13. The summed E-state index contributed by atoms with van der Waals surface area (Å²) in [4.78, 5) is 114. The zero-order valence-corrected chi connectivity index (χ0v) is 40.4. The number of imide groups is 1. The lowest BCUT2D eigenvalue weighted by Gasteiger charge is -2.68. The first-order chi connectivity index (χ1) is 32.2. The molecule has 2 aromatic rings. The summed E-state index contributed by atoms with van der Waals surface area (Å²) in [5.41, 5.74) is -5.82. The predicted octanol–water partition coefficient (Wildman–Crippen LogP) is 5.18. The first kappa shape index (κ1) is 50.9. The number of hydrogen-bond donors (Lipinski definition) is 3. The van der Waals surface area contributed by atoms with Gasteiger partial charge in [-0.05, 0) is 63.5 Å². The van der Waals surface area contributed by atoms with Crippen molar-refractivity contribution in [1.82, 2.24) is 10.4 Å². The van der Waals surface area contributed by atoms with Crippen LogP contribution in [0.2, 0.25) is 0 Å². The fraction of sp³-hybridized carbons (Fsp3) is 0.569. The van der Waals surface area contributed by atoms with Gasteiger partial charge in [0.2, 0.25) is 6.10 Å². The second kappa shape index (κ2) is 18.7. The summed E-state index contributed by atoms with van der Waals surface area (Å²) in [7, 11) is 0. The van der Waals surface area contributed by atoms with Crippen molar-refractivity contribution in [3.8, 4) is 0 Å². The smallest absolute Gasteiger partial charge is 0.408 e.